The third-order valence-corrected chi connectivity index (χ3v) is 5.09. The maximum Gasteiger partial charge on any atom is 0.277 e. The van der Waals surface area contributed by atoms with E-state index in [0.29, 0.717) is 39.7 Å². The van der Waals surface area contributed by atoms with Crippen LogP contribution in [0.25, 0.3) is 11.5 Å². The van der Waals surface area contributed by atoms with Crippen molar-refractivity contribution in [3.63, 3.8) is 0 Å². The van der Waals surface area contributed by atoms with E-state index in [2.05, 4.69) is 24.0 Å². The number of hydrogen-bond donors (Lipinski definition) is 0. The second-order valence-electron chi connectivity index (χ2n) is 6.43. The highest BCUT2D eigenvalue weighted by molar-refractivity contribution is 7.99. The molecule has 1 aromatic heterocycles. The fourth-order valence-corrected chi connectivity index (χ4v) is 3.27. The molecule has 0 N–H and O–H groups in total. The number of carbonyl (C=O) groups is 1. The number of Topliss-reactive ketones (excluding diaryl/α,β-unsaturated/α-hetero) is 1. The lowest BCUT2D eigenvalue weighted by Gasteiger charge is -2.07. The van der Waals surface area contributed by atoms with Crippen molar-refractivity contribution in [3.05, 3.63) is 53.6 Å². The molecule has 2 aromatic carbocycles. The summed E-state index contributed by atoms with van der Waals surface area (Å²) in [5, 5.41) is 8.42. The maximum absolute atomic E-state index is 12.4. The minimum Gasteiger partial charge on any atom is -0.497 e. The fourth-order valence-electron chi connectivity index (χ4n) is 2.62. The van der Waals surface area contributed by atoms with Crippen LogP contribution in [0.1, 0.15) is 35.7 Å². The Hall–Kier alpha value is -2.80. The first kappa shape index (κ1) is 19.9. The van der Waals surface area contributed by atoms with Crippen molar-refractivity contribution in [3.8, 4) is 23.0 Å². The first-order chi connectivity index (χ1) is 13.5. The monoisotopic (exact) mass is 398 g/mol. The number of ketones is 1. The third-order valence-electron chi connectivity index (χ3n) is 4.27. The Morgan fingerprint density at radius 1 is 1.07 bits per heavy atom. The largest absolute Gasteiger partial charge is 0.497 e. The molecule has 146 valence electrons. The molecule has 0 spiro atoms. The molecule has 0 amide bonds. The van der Waals surface area contributed by atoms with Crippen LogP contribution in [-0.2, 0) is 0 Å². The highest BCUT2D eigenvalue weighted by Crippen LogP contribution is 2.33. The van der Waals surface area contributed by atoms with Gasteiger partial charge in [-0.1, -0.05) is 49.9 Å². The number of rotatable bonds is 8. The summed E-state index contributed by atoms with van der Waals surface area (Å²) >= 11 is 1.22. The molecule has 6 nitrogen and oxygen atoms in total. The number of ether oxygens (including phenoxy) is 2. The lowest BCUT2D eigenvalue weighted by Crippen LogP contribution is -2.02. The molecule has 0 saturated carbocycles. The number of nitrogens with zero attached hydrogens (tertiary/aromatic N) is 2. The van der Waals surface area contributed by atoms with E-state index in [9.17, 15) is 4.79 Å². The smallest absolute Gasteiger partial charge is 0.277 e. The number of aromatic nitrogens is 2. The lowest BCUT2D eigenvalue weighted by atomic mass is 10.0. The molecule has 28 heavy (non-hydrogen) atoms. The van der Waals surface area contributed by atoms with Crippen LogP contribution in [0.4, 0.5) is 0 Å². The van der Waals surface area contributed by atoms with Crippen molar-refractivity contribution >= 4 is 17.5 Å². The summed E-state index contributed by atoms with van der Waals surface area (Å²) in [6.45, 7) is 4.25. The van der Waals surface area contributed by atoms with Crippen molar-refractivity contribution < 1.29 is 18.7 Å². The van der Waals surface area contributed by atoms with Crippen LogP contribution >= 0.6 is 11.8 Å². The molecule has 0 aliphatic heterocycles. The summed E-state index contributed by atoms with van der Waals surface area (Å²) in [4.78, 5) is 12.4. The fraction of sp³-hybridized carbons (Fsp3) is 0.286. The van der Waals surface area contributed by atoms with Gasteiger partial charge in [-0.3, -0.25) is 4.79 Å². The van der Waals surface area contributed by atoms with Gasteiger partial charge in [0.1, 0.15) is 11.5 Å². The molecule has 3 rings (SSSR count). The summed E-state index contributed by atoms with van der Waals surface area (Å²) in [5.41, 5.74) is 2.55. The van der Waals surface area contributed by atoms with Gasteiger partial charge in [0.05, 0.1) is 25.5 Å². The Morgan fingerprint density at radius 2 is 1.82 bits per heavy atom. The Kier molecular flexibility index (Phi) is 6.36. The quantitative estimate of drug-likeness (QED) is 0.396. The molecular formula is C21H22N2O4S. The van der Waals surface area contributed by atoms with Crippen LogP contribution in [-0.4, -0.2) is 36.0 Å². The minimum absolute atomic E-state index is 0.0158. The standard InChI is InChI=1S/C21H22N2O4S/c1-13(2)14-5-7-15(8-6-14)18(24)12-28-21-23-22-20(27-21)17-10-9-16(25-3)11-19(17)26-4/h5-11,13H,12H2,1-4H3. The number of methoxy groups -OCH3 is 2. The SMILES string of the molecule is COc1ccc(-c2nnc(SCC(=O)c3ccc(C(C)C)cc3)o2)c(OC)c1. The summed E-state index contributed by atoms with van der Waals surface area (Å²) in [6.07, 6.45) is 0. The molecule has 0 atom stereocenters. The molecule has 7 heteroatoms. The van der Waals surface area contributed by atoms with Crippen LogP contribution < -0.4 is 9.47 Å². The zero-order valence-electron chi connectivity index (χ0n) is 16.3. The van der Waals surface area contributed by atoms with Crippen molar-refractivity contribution in [2.75, 3.05) is 20.0 Å². The van der Waals surface area contributed by atoms with Gasteiger partial charge < -0.3 is 13.9 Å². The lowest BCUT2D eigenvalue weighted by molar-refractivity contribution is 0.102. The van der Waals surface area contributed by atoms with Crippen LogP contribution in [0.3, 0.4) is 0 Å². The van der Waals surface area contributed by atoms with Crippen molar-refractivity contribution in [2.24, 2.45) is 0 Å². The second-order valence-corrected chi connectivity index (χ2v) is 7.35. The summed E-state index contributed by atoms with van der Waals surface area (Å²) < 4.78 is 16.2. The average Bonchev–Trinajstić information content (AvgIpc) is 3.20. The normalized spacial score (nSPS) is 10.9. The molecule has 0 saturated heterocycles. The number of carbonyl (C=O) groups excluding carboxylic acids is 1. The number of hydrogen-bond acceptors (Lipinski definition) is 7. The van der Waals surface area contributed by atoms with Gasteiger partial charge in [-0.2, -0.15) is 0 Å². The zero-order chi connectivity index (χ0) is 20.1. The van der Waals surface area contributed by atoms with E-state index < -0.39 is 0 Å². The Morgan fingerprint density at radius 3 is 2.46 bits per heavy atom. The van der Waals surface area contributed by atoms with Gasteiger partial charge >= 0.3 is 0 Å². The van der Waals surface area contributed by atoms with E-state index in [4.69, 9.17) is 13.9 Å². The van der Waals surface area contributed by atoms with Crippen molar-refractivity contribution in [1.29, 1.82) is 0 Å². The van der Waals surface area contributed by atoms with Gasteiger partial charge in [-0.05, 0) is 23.6 Å². The van der Waals surface area contributed by atoms with Crippen molar-refractivity contribution in [2.45, 2.75) is 25.0 Å². The molecule has 0 fully saturated rings. The van der Waals surface area contributed by atoms with Gasteiger partial charge in [-0.25, -0.2) is 0 Å². The van der Waals surface area contributed by atoms with Crippen LogP contribution in [0.2, 0.25) is 0 Å². The average molecular weight is 398 g/mol. The summed E-state index contributed by atoms with van der Waals surface area (Å²) in [6, 6.07) is 13.0. The van der Waals surface area contributed by atoms with E-state index in [-0.39, 0.29) is 11.5 Å². The molecule has 0 aliphatic carbocycles. The van der Waals surface area contributed by atoms with Gasteiger partial charge in [-0.15, -0.1) is 10.2 Å². The predicted molar refractivity (Wildman–Crippen MR) is 108 cm³/mol. The van der Waals surface area contributed by atoms with E-state index in [1.807, 2.05) is 24.3 Å². The number of benzene rings is 2. The van der Waals surface area contributed by atoms with E-state index >= 15 is 0 Å². The highest BCUT2D eigenvalue weighted by atomic mass is 32.2. The van der Waals surface area contributed by atoms with E-state index in [1.165, 1.54) is 17.3 Å². The molecule has 0 bridgehead atoms. The van der Waals surface area contributed by atoms with Crippen LogP contribution in [0, 0.1) is 0 Å². The summed E-state index contributed by atoms with van der Waals surface area (Å²) in [5.74, 6) is 2.25. The summed E-state index contributed by atoms with van der Waals surface area (Å²) in [7, 11) is 3.15. The van der Waals surface area contributed by atoms with Gasteiger partial charge in [0.15, 0.2) is 5.78 Å². The first-order valence-electron chi connectivity index (χ1n) is 8.83. The third kappa shape index (κ3) is 4.54. The Labute approximate surface area is 168 Å². The molecular weight excluding hydrogens is 376 g/mol. The number of thioether (sulfide) groups is 1. The van der Waals surface area contributed by atoms with E-state index in [0.717, 1.165) is 0 Å². The highest BCUT2D eigenvalue weighted by Gasteiger charge is 2.16. The topological polar surface area (TPSA) is 74.5 Å². The molecule has 0 unspecified atom stereocenters. The molecule has 0 aliphatic rings. The van der Waals surface area contributed by atoms with Gasteiger partial charge in [0.25, 0.3) is 11.1 Å². The van der Waals surface area contributed by atoms with E-state index in [1.54, 1.807) is 32.4 Å². The van der Waals surface area contributed by atoms with Gasteiger partial charge in [0.2, 0.25) is 0 Å². The molecule has 3 aromatic rings. The molecule has 0 radical (unpaired) electrons. The first-order valence-corrected chi connectivity index (χ1v) is 9.82. The Bertz CT molecular complexity index is 951. The molecule has 1 heterocycles. The predicted octanol–water partition coefficient (Wildman–Crippen LogP) is 4.85. The zero-order valence-corrected chi connectivity index (χ0v) is 17.1. The second kappa shape index (κ2) is 8.93. The van der Waals surface area contributed by atoms with Crippen LogP contribution in [0.15, 0.2) is 52.1 Å². The maximum atomic E-state index is 12.4. The minimum atomic E-state index is 0.0158. The van der Waals surface area contributed by atoms with Gasteiger partial charge in [0, 0.05) is 11.6 Å². The van der Waals surface area contributed by atoms with Crippen molar-refractivity contribution in [1.82, 2.24) is 10.2 Å². The Balaban J connectivity index is 1.67. The van der Waals surface area contributed by atoms with Crippen LogP contribution in [0.5, 0.6) is 11.5 Å².